The van der Waals surface area contributed by atoms with Gasteiger partial charge in [-0.2, -0.15) is 18.3 Å². The predicted molar refractivity (Wildman–Crippen MR) is 115 cm³/mol. The fourth-order valence-electron chi connectivity index (χ4n) is 3.40. The Morgan fingerprint density at radius 3 is 2.50 bits per heavy atom. The fraction of sp³-hybridized carbons (Fsp3) is 0.421. The van der Waals surface area contributed by atoms with Crippen LogP contribution in [0.1, 0.15) is 44.0 Å². The number of halogens is 5. The van der Waals surface area contributed by atoms with Gasteiger partial charge in [0.15, 0.2) is 11.5 Å². The summed E-state index contributed by atoms with van der Waals surface area (Å²) in [6.45, 7) is 3.24. The summed E-state index contributed by atoms with van der Waals surface area (Å²) in [4.78, 5) is 17.1. The van der Waals surface area contributed by atoms with Crippen molar-refractivity contribution in [2.75, 3.05) is 5.75 Å². The van der Waals surface area contributed by atoms with Crippen LogP contribution in [0.2, 0.25) is 10.0 Å². The molecule has 2 heterocycles. The van der Waals surface area contributed by atoms with Crippen LogP contribution in [0.25, 0.3) is 0 Å². The Bertz CT molecular complexity index is 1180. The van der Waals surface area contributed by atoms with Gasteiger partial charge in [0.05, 0.1) is 21.8 Å². The first-order chi connectivity index (χ1) is 14.8. The standard InChI is InChI=1S/C19H19Cl2F3N4O3S/c1-3-4-7-32(30,31)27-18(29)16-10(2)25-15-9-14(19(22,23)24)26-28(15)17(16)11-5-6-12(20)13(21)8-11/h5-6,8-9,16-17H,3-4,7H2,1-2H3,(H,27,29). The predicted octanol–water partition coefficient (Wildman–Crippen LogP) is 4.77. The molecule has 32 heavy (non-hydrogen) atoms. The molecule has 2 atom stereocenters. The number of aromatic nitrogens is 2. The number of fused-ring (bicyclic) bond motifs is 1. The smallest absolute Gasteiger partial charge is 0.273 e. The van der Waals surface area contributed by atoms with Crippen LogP contribution >= 0.6 is 23.2 Å². The number of nitrogens with one attached hydrogen (secondary N) is 1. The van der Waals surface area contributed by atoms with Gasteiger partial charge in [0.1, 0.15) is 5.92 Å². The summed E-state index contributed by atoms with van der Waals surface area (Å²) in [7, 11) is -3.94. The van der Waals surface area contributed by atoms with Crippen LogP contribution < -0.4 is 4.72 Å². The molecule has 0 aliphatic carbocycles. The van der Waals surface area contributed by atoms with E-state index >= 15 is 0 Å². The van der Waals surface area contributed by atoms with E-state index < -0.39 is 39.8 Å². The number of benzene rings is 1. The summed E-state index contributed by atoms with van der Waals surface area (Å²) < 4.78 is 67.4. The summed E-state index contributed by atoms with van der Waals surface area (Å²) in [6, 6.07) is 3.95. The highest BCUT2D eigenvalue weighted by Gasteiger charge is 2.43. The maximum Gasteiger partial charge on any atom is 0.435 e. The zero-order valence-corrected chi connectivity index (χ0v) is 19.3. The summed E-state index contributed by atoms with van der Waals surface area (Å²) in [6.07, 6.45) is -3.80. The minimum absolute atomic E-state index is 0.115. The number of nitrogens with zero attached hydrogens (tertiary/aromatic N) is 3. The largest absolute Gasteiger partial charge is 0.435 e. The fourth-order valence-corrected chi connectivity index (χ4v) is 4.91. The normalized spacial score (nSPS) is 18.8. The van der Waals surface area contributed by atoms with Gasteiger partial charge in [-0.25, -0.2) is 18.1 Å². The Hall–Kier alpha value is -2.11. The lowest BCUT2D eigenvalue weighted by Crippen LogP contribution is -2.45. The average Bonchev–Trinajstić information content (AvgIpc) is 3.11. The Labute approximate surface area is 192 Å². The molecule has 2 aromatic rings. The van der Waals surface area contributed by atoms with Gasteiger partial charge in [0.2, 0.25) is 15.9 Å². The maximum atomic E-state index is 13.3. The van der Waals surface area contributed by atoms with E-state index in [4.69, 9.17) is 23.2 Å². The van der Waals surface area contributed by atoms with E-state index in [1.807, 2.05) is 4.72 Å². The molecule has 7 nitrogen and oxygen atoms in total. The molecule has 1 aliphatic heterocycles. The molecule has 0 fully saturated rings. The van der Waals surface area contributed by atoms with Crippen molar-refractivity contribution in [1.82, 2.24) is 14.5 Å². The van der Waals surface area contributed by atoms with Gasteiger partial charge in [0, 0.05) is 11.8 Å². The molecule has 0 radical (unpaired) electrons. The van der Waals surface area contributed by atoms with E-state index in [1.165, 1.54) is 25.1 Å². The first kappa shape index (κ1) is 24.5. The Morgan fingerprint density at radius 2 is 1.91 bits per heavy atom. The Balaban J connectivity index is 2.11. The molecule has 0 bridgehead atoms. The van der Waals surface area contributed by atoms with Crippen molar-refractivity contribution >= 4 is 50.7 Å². The minimum Gasteiger partial charge on any atom is -0.273 e. The van der Waals surface area contributed by atoms with Crippen LogP contribution in [0.5, 0.6) is 0 Å². The number of rotatable bonds is 6. The van der Waals surface area contributed by atoms with E-state index in [1.54, 1.807) is 6.92 Å². The van der Waals surface area contributed by atoms with Gasteiger partial charge < -0.3 is 0 Å². The quantitative estimate of drug-likeness (QED) is 0.605. The van der Waals surface area contributed by atoms with E-state index in [0.29, 0.717) is 18.4 Å². The lowest BCUT2D eigenvalue weighted by molar-refractivity contribution is -0.141. The molecule has 0 saturated carbocycles. The number of sulfonamides is 1. The molecule has 2 unspecified atom stereocenters. The van der Waals surface area contributed by atoms with Gasteiger partial charge in [-0.05, 0) is 31.0 Å². The molecule has 1 aromatic carbocycles. The van der Waals surface area contributed by atoms with Crippen LogP contribution in [0.15, 0.2) is 29.3 Å². The second-order valence-electron chi connectivity index (χ2n) is 7.32. The second-order valence-corrected chi connectivity index (χ2v) is 9.97. The highest BCUT2D eigenvalue weighted by atomic mass is 35.5. The number of aliphatic imine (C=N–C) groups is 1. The third-order valence-electron chi connectivity index (χ3n) is 4.92. The Kier molecular flexibility index (Phi) is 6.92. The number of hydrogen-bond acceptors (Lipinski definition) is 5. The lowest BCUT2D eigenvalue weighted by Gasteiger charge is -2.31. The first-order valence-electron chi connectivity index (χ1n) is 9.55. The molecule has 0 spiro atoms. The van der Waals surface area contributed by atoms with E-state index in [0.717, 1.165) is 10.7 Å². The molecule has 174 valence electrons. The van der Waals surface area contributed by atoms with Crippen molar-refractivity contribution in [3.05, 3.63) is 45.6 Å². The van der Waals surface area contributed by atoms with Crippen molar-refractivity contribution in [1.29, 1.82) is 0 Å². The van der Waals surface area contributed by atoms with Crippen LogP contribution in [-0.2, 0) is 21.0 Å². The van der Waals surface area contributed by atoms with Crippen LogP contribution in [0.3, 0.4) is 0 Å². The van der Waals surface area contributed by atoms with Crippen molar-refractivity contribution in [2.24, 2.45) is 10.9 Å². The van der Waals surface area contributed by atoms with Gasteiger partial charge in [-0.15, -0.1) is 0 Å². The maximum absolute atomic E-state index is 13.3. The summed E-state index contributed by atoms with van der Waals surface area (Å²) in [5.74, 6) is -2.56. The number of unbranched alkanes of at least 4 members (excludes halogenated alkanes) is 1. The Morgan fingerprint density at radius 1 is 1.22 bits per heavy atom. The minimum atomic E-state index is -4.74. The van der Waals surface area contributed by atoms with E-state index in [9.17, 15) is 26.4 Å². The molecular formula is C19H19Cl2F3N4O3S. The van der Waals surface area contributed by atoms with Gasteiger partial charge in [0.25, 0.3) is 0 Å². The number of alkyl halides is 3. The van der Waals surface area contributed by atoms with Gasteiger partial charge in [-0.3, -0.25) is 9.52 Å². The summed E-state index contributed by atoms with van der Waals surface area (Å²) in [5, 5.41) is 3.94. The first-order valence-corrected chi connectivity index (χ1v) is 12.0. The third kappa shape index (κ3) is 5.10. The zero-order chi connectivity index (χ0) is 23.8. The highest BCUT2D eigenvalue weighted by Crippen LogP contribution is 2.41. The molecule has 1 N–H and O–H groups in total. The molecule has 1 amide bonds. The van der Waals surface area contributed by atoms with Crippen molar-refractivity contribution in [2.45, 2.75) is 38.9 Å². The van der Waals surface area contributed by atoms with Crippen molar-refractivity contribution in [3.8, 4) is 0 Å². The molecule has 0 saturated heterocycles. The summed E-state index contributed by atoms with van der Waals surface area (Å²) >= 11 is 12.1. The SMILES string of the molecule is CCCCS(=O)(=O)NC(=O)C1C(C)=Nc2cc(C(F)(F)F)nn2C1c1ccc(Cl)c(Cl)c1. The number of carbonyl (C=O) groups excluding carboxylic acids is 1. The molecule has 1 aliphatic rings. The molecule has 3 rings (SSSR count). The molecule has 1 aromatic heterocycles. The van der Waals surface area contributed by atoms with Crippen LogP contribution in [0, 0.1) is 5.92 Å². The van der Waals surface area contributed by atoms with Crippen molar-refractivity contribution in [3.63, 3.8) is 0 Å². The number of hydrogen-bond donors (Lipinski definition) is 1. The van der Waals surface area contributed by atoms with E-state index in [2.05, 4.69) is 10.1 Å². The van der Waals surface area contributed by atoms with Gasteiger partial charge >= 0.3 is 6.18 Å². The monoisotopic (exact) mass is 510 g/mol. The summed E-state index contributed by atoms with van der Waals surface area (Å²) in [5.41, 5.74) is -0.742. The number of amides is 1. The second kappa shape index (κ2) is 9.03. The topological polar surface area (TPSA) is 93.4 Å². The molecular weight excluding hydrogens is 492 g/mol. The van der Waals surface area contributed by atoms with E-state index in [-0.39, 0.29) is 27.3 Å². The number of carbonyl (C=O) groups is 1. The van der Waals surface area contributed by atoms with Crippen molar-refractivity contribution < 1.29 is 26.4 Å². The average molecular weight is 511 g/mol. The van der Waals surface area contributed by atoms with Crippen LogP contribution in [-0.4, -0.2) is 35.6 Å². The van der Waals surface area contributed by atoms with Gasteiger partial charge in [-0.1, -0.05) is 42.6 Å². The zero-order valence-electron chi connectivity index (χ0n) is 16.9. The van der Waals surface area contributed by atoms with Crippen LogP contribution in [0.4, 0.5) is 19.0 Å². The lowest BCUT2D eigenvalue weighted by atomic mass is 9.88. The third-order valence-corrected chi connectivity index (χ3v) is 6.99. The highest BCUT2D eigenvalue weighted by molar-refractivity contribution is 7.90. The molecule has 13 heteroatoms.